The first kappa shape index (κ1) is 17.3. The number of unbranched alkanes of at least 4 members (excludes halogenated alkanes) is 3. The van der Waals surface area contributed by atoms with Crippen LogP contribution in [0.15, 0.2) is 0 Å². The van der Waals surface area contributed by atoms with Gasteiger partial charge in [0.15, 0.2) is 0 Å². The van der Waals surface area contributed by atoms with Crippen molar-refractivity contribution in [2.45, 2.75) is 103 Å². The van der Waals surface area contributed by atoms with E-state index in [1.165, 1.54) is 83.5 Å². The van der Waals surface area contributed by atoms with E-state index >= 15 is 0 Å². The zero-order valence-electron chi connectivity index (χ0n) is 14.6. The van der Waals surface area contributed by atoms with Gasteiger partial charge in [0.05, 0.1) is 6.10 Å². The summed E-state index contributed by atoms with van der Waals surface area (Å²) in [5.74, 6) is 3.13. The summed E-state index contributed by atoms with van der Waals surface area (Å²) >= 11 is 0. The smallest absolute Gasteiger partial charge is 0.0575 e. The van der Waals surface area contributed by atoms with Gasteiger partial charge in [0.25, 0.3) is 0 Å². The molecule has 2 saturated carbocycles. The van der Waals surface area contributed by atoms with Gasteiger partial charge in [-0.3, -0.25) is 0 Å². The average molecular weight is 295 g/mol. The van der Waals surface area contributed by atoms with Crippen molar-refractivity contribution in [3.05, 3.63) is 0 Å². The third-order valence-corrected chi connectivity index (χ3v) is 6.21. The summed E-state index contributed by atoms with van der Waals surface area (Å²) in [6.45, 7) is 5.65. The molecule has 0 aliphatic heterocycles. The van der Waals surface area contributed by atoms with E-state index < -0.39 is 0 Å². The Kier molecular flexibility index (Phi) is 8.14. The number of ether oxygens (including phenoxy) is 1. The molecular formula is C20H38O. The summed E-state index contributed by atoms with van der Waals surface area (Å²) in [5, 5.41) is 0. The Labute approximate surface area is 133 Å². The molecule has 0 saturated heterocycles. The summed E-state index contributed by atoms with van der Waals surface area (Å²) in [7, 11) is 0. The molecule has 0 heterocycles. The van der Waals surface area contributed by atoms with Crippen LogP contribution in [0.1, 0.15) is 97.3 Å². The monoisotopic (exact) mass is 294 g/mol. The molecule has 0 aromatic rings. The van der Waals surface area contributed by atoms with Crippen molar-refractivity contribution < 1.29 is 4.74 Å². The van der Waals surface area contributed by atoms with Crippen molar-refractivity contribution in [3.8, 4) is 0 Å². The van der Waals surface area contributed by atoms with E-state index in [0.717, 1.165) is 24.4 Å². The summed E-state index contributed by atoms with van der Waals surface area (Å²) in [4.78, 5) is 0. The largest absolute Gasteiger partial charge is 0.378 e. The van der Waals surface area contributed by atoms with E-state index in [9.17, 15) is 0 Å². The van der Waals surface area contributed by atoms with Crippen LogP contribution in [0.5, 0.6) is 0 Å². The van der Waals surface area contributed by atoms with Crippen molar-refractivity contribution in [2.75, 3.05) is 6.61 Å². The predicted molar refractivity (Wildman–Crippen MR) is 91.6 cm³/mol. The topological polar surface area (TPSA) is 9.23 Å². The lowest BCUT2D eigenvalue weighted by molar-refractivity contribution is 0.00539. The SMILES string of the molecule is CCCCCCO[C@H]1CC[C@H](C2CCC(CC)CC2)CC1. The van der Waals surface area contributed by atoms with Crippen LogP contribution >= 0.6 is 0 Å². The van der Waals surface area contributed by atoms with Crippen LogP contribution in [-0.4, -0.2) is 12.7 Å². The van der Waals surface area contributed by atoms with Gasteiger partial charge in [0, 0.05) is 6.61 Å². The van der Waals surface area contributed by atoms with Crippen molar-refractivity contribution in [1.82, 2.24) is 0 Å². The van der Waals surface area contributed by atoms with Crippen LogP contribution in [0.4, 0.5) is 0 Å². The molecule has 0 aromatic heterocycles. The van der Waals surface area contributed by atoms with Gasteiger partial charge in [-0.15, -0.1) is 0 Å². The number of hydrogen-bond acceptors (Lipinski definition) is 1. The van der Waals surface area contributed by atoms with Crippen LogP contribution in [0.25, 0.3) is 0 Å². The Bertz CT molecular complexity index is 247. The lowest BCUT2D eigenvalue weighted by Crippen LogP contribution is -2.28. The molecule has 0 N–H and O–H groups in total. The van der Waals surface area contributed by atoms with Gasteiger partial charge in [-0.25, -0.2) is 0 Å². The molecule has 0 amide bonds. The van der Waals surface area contributed by atoms with Gasteiger partial charge in [0.2, 0.25) is 0 Å². The molecule has 1 nitrogen and oxygen atoms in total. The highest BCUT2D eigenvalue weighted by atomic mass is 16.5. The summed E-state index contributed by atoms with van der Waals surface area (Å²) < 4.78 is 6.10. The van der Waals surface area contributed by atoms with Crippen LogP contribution in [0.2, 0.25) is 0 Å². The molecule has 0 unspecified atom stereocenters. The van der Waals surface area contributed by atoms with Gasteiger partial charge < -0.3 is 4.74 Å². The molecule has 0 spiro atoms. The maximum atomic E-state index is 6.10. The maximum absolute atomic E-state index is 6.10. The van der Waals surface area contributed by atoms with Crippen molar-refractivity contribution in [3.63, 3.8) is 0 Å². The van der Waals surface area contributed by atoms with Crippen LogP contribution in [0.3, 0.4) is 0 Å². The number of hydrogen-bond donors (Lipinski definition) is 0. The second kappa shape index (κ2) is 9.87. The predicted octanol–water partition coefficient (Wildman–Crippen LogP) is 6.36. The third kappa shape index (κ3) is 5.93. The van der Waals surface area contributed by atoms with E-state index in [0.29, 0.717) is 6.10 Å². The highest BCUT2D eigenvalue weighted by Crippen LogP contribution is 2.41. The Morgan fingerprint density at radius 3 is 1.90 bits per heavy atom. The van der Waals surface area contributed by atoms with Crippen LogP contribution in [-0.2, 0) is 4.74 Å². The molecule has 0 radical (unpaired) electrons. The molecular weight excluding hydrogens is 256 g/mol. The van der Waals surface area contributed by atoms with E-state index in [2.05, 4.69) is 13.8 Å². The van der Waals surface area contributed by atoms with E-state index in [1.807, 2.05) is 0 Å². The first-order valence-corrected chi connectivity index (χ1v) is 9.95. The third-order valence-electron chi connectivity index (χ3n) is 6.21. The Balaban J connectivity index is 1.56. The molecule has 2 fully saturated rings. The van der Waals surface area contributed by atoms with Crippen molar-refractivity contribution in [1.29, 1.82) is 0 Å². The quantitative estimate of drug-likeness (QED) is 0.473. The minimum atomic E-state index is 0.592. The summed E-state index contributed by atoms with van der Waals surface area (Å²) in [5.41, 5.74) is 0. The van der Waals surface area contributed by atoms with Crippen molar-refractivity contribution >= 4 is 0 Å². The molecule has 1 heteroatoms. The van der Waals surface area contributed by atoms with Crippen LogP contribution < -0.4 is 0 Å². The molecule has 0 aromatic carbocycles. The molecule has 21 heavy (non-hydrogen) atoms. The highest BCUT2D eigenvalue weighted by molar-refractivity contribution is 4.82. The zero-order chi connectivity index (χ0) is 14.9. The van der Waals surface area contributed by atoms with Gasteiger partial charge in [0.1, 0.15) is 0 Å². The molecule has 124 valence electrons. The van der Waals surface area contributed by atoms with Gasteiger partial charge in [-0.05, 0) is 62.7 Å². The fourth-order valence-electron chi connectivity index (χ4n) is 4.57. The Morgan fingerprint density at radius 2 is 1.33 bits per heavy atom. The Morgan fingerprint density at radius 1 is 0.714 bits per heavy atom. The molecule has 2 aliphatic rings. The molecule has 0 bridgehead atoms. The lowest BCUT2D eigenvalue weighted by Gasteiger charge is -2.37. The standard InChI is InChI=1S/C20H38O/c1-3-5-6-7-16-21-20-14-12-19(13-15-20)18-10-8-17(4-2)9-11-18/h17-20H,3-16H2,1-2H3/t17?,18?,19-,20-. The molecule has 2 aliphatic carbocycles. The summed E-state index contributed by atoms with van der Waals surface area (Å²) in [6.07, 6.45) is 19.0. The normalized spacial score (nSPS) is 34.0. The number of rotatable bonds is 8. The fourth-order valence-corrected chi connectivity index (χ4v) is 4.57. The Hall–Kier alpha value is -0.0400. The van der Waals surface area contributed by atoms with Crippen molar-refractivity contribution in [2.24, 2.45) is 17.8 Å². The fraction of sp³-hybridized carbons (Fsp3) is 1.00. The minimum absolute atomic E-state index is 0.592. The second-order valence-corrected chi connectivity index (χ2v) is 7.66. The maximum Gasteiger partial charge on any atom is 0.0575 e. The molecule has 2 rings (SSSR count). The highest BCUT2D eigenvalue weighted by Gasteiger charge is 2.30. The van der Waals surface area contributed by atoms with Gasteiger partial charge >= 0.3 is 0 Å². The van der Waals surface area contributed by atoms with Crippen LogP contribution in [0, 0.1) is 17.8 Å². The second-order valence-electron chi connectivity index (χ2n) is 7.66. The average Bonchev–Trinajstić information content (AvgIpc) is 2.55. The van der Waals surface area contributed by atoms with Gasteiger partial charge in [-0.1, -0.05) is 52.4 Å². The summed E-state index contributed by atoms with van der Waals surface area (Å²) in [6, 6.07) is 0. The van der Waals surface area contributed by atoms with E-state index in [1.54, 1.807) is 0 Å². The van der Waals surface area contributed by atoms with E-state index in [4.69, 9.17) is 4.74 Å². The lowest BCUT2D eigenvalue weighted by atomic mass is 9.70. The van der Waals surface area contributed by atoms with Gasteiger partial charge in [-0.2, -0.15) is 0 Å². The minimum Gasteiger partial charge on any atom is -0.378 e. The first-order chi connectivity index (χ1) is 10.3. The zero-order valence-corrected chi connectivity index (χ0v) is 14.6. The molecule has 0 atom stereocenters. The first-order valence-electron chi connectivity index (χ1n) is 9.95. The van der Waals surface area contributed by atoms with E-state index in [-0.39, 0.29) is 0 Å².